The minimum absolute atomic E-state index is 0.468. The van der Waals surface area contributed by atoms with Crippen LogP contribution in [0.15, 0.2) is 18.3 Å². The lowest BCUT2D eigenvalue weighted by atomic mass is 10.2. The van der Waals surface area contributed by atoms with Crippen LogP contribution in [0, 0.1) is 0 Å². The molecule has 0 aromatic carbocycles. The van der Waals surface area contributed by atoms with Crippen molar-refractivity contribution < 1.29 is 5.11 Å². The summed E-state index contributed by atoms with van der Waals surface area (Å²) >= 11 is 13.4. The lowest BCUT2D eigenvalue weighted by Gasteiger charge is -2.15. The fourth-order valence-electron chi connectivity index (χ4n) is 1.73. The van der Waals surface area contributed by atoms with Crippen molar-refractivity contribution in [3.05, 3.63) is 38.3 Å². The third-order valence-electron chi connectivity index (χ3n) is 2.71. The average Bonchev–Trinajstić information content (AvgIpc) is 2.92. The highest BCUT2D eigenvalue weighted by Gasteiger charge is 2.21. The first-order valence-electron chi connectivity index (χ1n) is 5.78. The predicted octanol–water partition coefficient (Wildman–Crippen LogP) is 2.89. The van der Waals surface area contributed by atoms with E-state index in [0.717, 1.165) is 11.4 Å². The van der Waals surface area contributed by atoms with Crippen molar-refractivity contribution in [1.82, 2.24) is 14.7 Å². The van der Waals surface area contributed by atoms with Gasteiger partial charge in [-0.15, -0.1) is 11.3 Å². The summed E-state index contributed by atoms with van der Waals surface area (Å²) in [4.78, 5) is 2.81. The molecule has 0 amide bonds. The van der Waals surface area contributed by atoms with Crippen LogP contribution < -0.4 is 0 Å². The molecule has 0 aliphatic heterocycles. The first kappa shape index (κ1) is 14.8. The SMILES string of the molecule is CN(C)CCn1ncc(Cl)c1C(O)c1ccc(Cl)s1. The Kier molecular flexibility index (Phi) is 4.86. The van der Waals surface area contributed by atoms with Crippen LogP contribution in [0.3, 0.4) is 0 Å². The van der Waals surface area contributed by atoms with Crippen LogP contribution in [0.4, 0.5) is 0 Å². The first-order valence-corrected chi connectivity index (χ1v) is 7.35. The van der Waals surface area contributed by atoms with Crippen LogP contribution in [-0.4, -0.2) is 40.4 Å². The smallest absolute Gasteiger partial charge is 0.131 e. The van der Waals surface area contributed by atoms with E-state index in [-0.39, 0.29) is 0 Å². The van der Waals surface area contributed by atoms with E-state index < -0.39 is 6.10 Å². The van der Waals surface area contributed by atoms with Crippen molar-refractivity contribution in [3.63, 3.8) is 0 Å². The normalized spacial score (nSPS) is 13.2. The molecule has 2 rings (SSSR count). The third-order valence-corrected chi connectivity index (χ3v) is 4.29. The van der Waals surface area contributed by atoms with Gasteiger partial charge in [0.1, 0.15) is 6.10 Å². The molecular formula is C12H15Cl2N3OS. The number of halogens is 2. The molecule has 2 aromatic rings. The molecule has 0 fully saturated rings. The summed E-state index contributed by atoms with van der Waals surface area (Å²) in [5.41, 5.74) is 0.613. The summed E-state index contributed by atoms with van der Waals surface area (Å²) in [6.07, 6.45) is 0.764. The molecule has 0 aliphatic carbocycles. The summed E-state index contributed by atoms with van der Waals surface area (Å²) in [7, 11) is 3.97. The van der Waals surface area contributed by atoms with Crippen molar-refractivity contribution in [2.75, 3.05) is 20.6 Å². The molecule has 0 bridgehead atoms. The van der Waals surface area contributed by atoms with Gasteiger partial charge < -0.3 is 10.0 Å². The molecule has 4 nitrogen and oxygen atoms in total. The highest BCUT2D eigenvalue weighted by Crippen LogP contribution is 2.33. The topological polar surface area (TPSA) is 41.3 Å². The number of hydrogen-bond donors (Lipinski definition) is 1. The van der Waals surface area contributed by atoms with Crippen molar-refractivity contribution in [3.8, 4) is 0 Å². The summed E-state index contributed by atoms with van der Waals surface area (Å²) in [5, 5.41) is 15.1. The van der Waals surface area contributed by atoms with E-state index in [4.69, 9.17) is 23.2 Å². The molecule has 0 saturated heterocycles. The summed E-state index contributed by atoms with van der Waals surface area (Å²) in [6.45, 7) is 1.49. The van der Waals surface area contributed by atoms with E-state index in [2.05, 4.69) is 5.10 Å². The van der Waals surface area contributed by atoms with Crippen molar-refractivity contribution in [1.29, 1.82) is 0 Å². The van der Waals surface area contributed by atoms with E-state index in [1.807, 2.05) is 19.0 Å². The Morgan fingerprint density at radius 3 is 2.74 bits per heavy atom. The zero-order valence-corrected chi connectivity index (χ0v) is 13.0. The van der Waals surface area contributed by atoms with E-state index in [1.54, 1.807) is 23.0 Å². The summed E-state index contributed by atoms with van der Waals surface area (Å²) < 4.78 is 2.38. The van der Waals surface area contributed by atoms with Gasteiger partial charge in [-0.2, -0.15) is 5.10 Å². The Labute approximate surface area is 126 Å². The molecule has 0 spiro atoms. The van der Waals surface area contributed by atoms with Gasteiger partial charge in [0.15, 0.2) is 0 Å². The molecule has 1 N–H and O–H groups in total. The highest BCUT2D eigenvalue weighted by molar-refractivity contribution is 7.16. The van der Waals surface area contributed by atoms with Gasteiger partial charge >= 0.3 is 0 Å². The maximum Gasteiger partial charge on any atom is 0.131 e. The van der Waals surface area contributed by atoms with Crippen LogP contribution in [-0.2, 0) is 6.54 Å². The number of nitrogens with zero attached hydrogens (tertiary/aromatic N) is 3. The fraction of sp³-hybridized carbons (Fsp3) is 0.417. The largest absolute Gasteiger partial charge is 0.381 e. The molecule has 2 heterocycles. The fourth-order valence-corrected chi connectivity index (χ4v) is 3.02. The van der Waals surface area contributed by atoms with Gasteiger partial charge in [0.25, 0.3) is 0 Å². The molecule has 0 saturated carbocycles. The minimum Gasteiger partial charge on any atom is -0.381 e. The number of aliphatic hydroxyl groups is 1. The first-order chi connectivity index (χ1) is 8.99. The van der Waals surface area contributed by atoms with E-state index >= 15 is 0 Å². The van der Waals surface area contributed by atoms with Gasteiger partial charge in [-0.3, -0.25) is 4.68 Å². The maximum atomic E-state index is 10.4. The third kappa shape index (κ3) is 3.49. The standard InChI is InChI=1S/C12H15Cl2N3OS/c1-16(2)5-6-17-11(8(13)7-15-17)12(18)9-3-4-10(14)19-9/h3-4,7,12,18H,5-6H2,1-2H3. The molecule has 0 radical (unpaired) electrons. The number of hydrogen-bond acceptors (Lipinski definition) is 4. The zero-order chi connectivity index (χ0) is 14.0. The number of aromatic nitrogens is 2. The van der Waals surface area contributed by atoms with Gasteiger partial charge in [-0.25, -0.2) is 0 Å². The van der Waals surface area contributed by atoms with Crippen molar-refractivity contribution in [2.24, 2.45) is 0 Å². The molecule has 19 heavy (non-hydrogen) atoms. The lowest BCUT2D eigenvalue weighted by molar-refractivity contribution is 0.209. The quantitative estimate of drug-likeness (QED) is 0.921. The summed E-state index contributed by atoms with van der Waals surface area (Å²) in [5.74, 6) is 0. The Bertz CT molecular complexity index is 553. The van der Waals surface area contributed by atoms with Crippen LogP contribution in [0.2, 0.25) is 9.36 Å². The van der Waals surface area contributed by atoms with E-state index in [1.165, 1.54) is 11.3 Å². The van der Waals surface area contributed by atoms with Crippen molar-refractivity contribution in [2.45, 2.75) is 12.6 Å². The minimum atomic E-state index is -0.797. The number of likely N-dealkylation sites (N-methyl/N-ethyl adjacent to an activating group) is 1. The zero-order valence-electron chi connectivity index (χ0n) is 10.7. The van der Waals surface area contributed by atoms with Crippen LogP contribution in [0.5, 0.6) is 0 Å². The Morgan fingerprint density at radius 2 is 2.16 bits per heavy atom. The molecule has 1 unspecified atom stereocenters. The highest BCUT2D eigenvalue weighted by atomic mass is 35.5. The van der Waals surface area contributed by atoms with E-state index in [9.17, 15) is 5.11 Å². The van der Waals surface area contributed by atoms with E-state index in [0.29, 0.717) is 21.6 Å². The Morgan fingerprint density at radius 1 is 1.42 bits per heavy atom. The van der Waals surface area contributed by atoms with Crippen LogP contribution in [0.1, 0.15) is 16.7 Å². The summed E-state index contributed by atoms with van der Waals surface area (Å²) in [6, 6.07) is 3.57. The van der Waals surface area contributed by atoms with Gasteiger partial charge in [-0.05, 0) is 26.2 Å². The van der Waals surface area contributed by atoms with Gasteiger partial charge in [0.2, 0.25) is 0 Å². The second-order valence-corrected chi connectivity index (χ2v) is 6.60. The van der Waals surface area contributed by atoms with Gasteiger partial charge in [-0.1, -0.05) is 23.2 Å². The van der Waals surface area contributed by atoms with Gasteiger partial charge in [0.05, 0.1) is 27.8 Å². The Balaban J connectivity index is 2.25. The molecule has 2 aromatic heterocycles. The molecule has 1 atom stereocenters. The van der Waals surface area contributed by atoms with Crippen molar-refractivity contribution >= 4 is 34.5 Å². The van der Waals surface area contributed by atoms with Crippen LogP contribution in [0.25, 0.3) is 0 Å². The number of aliphatic hydroxyl groups excluding tert-OH is 1. The second-order valence-electron chi connectivity index (χ2n) is 4.45. The maximum absolute atomic E-state index is 10.4. The average molecular weight is 320 g/mol. The molecular weight excluding hydrogens is 305 g/mol. The Hall–Kier alpha value is -0.590. The van der Waals surface area contributed by atoms with Gasteiger partial charge in [0, 0.05) is 11.4 Å². The lowest BCUT2D eigenvalue weighted by Crippen LogP contribution is -2.21. The van der Waals surface area contributed by atoms with Crippen LogP contribution >= 0.6 is 34.5 Å². The number of rotatable bonds is 5. The molecule has 7 heteroatoms. The molecule has 0 aliphatic rings. The predicted molar refractivity (Wildman–Crippen MR) is 79.2 cm³/mol. The number of thiophene rings is 1. The second kappa shape index (κ2) is 6.24. The molecule has 104 valence electrons. The monoisotopic (exact) mass is 319 g/mol.